The molecule has 1 N–H and O–H groups in total. The summed E-state index contributed by atoms with van der Waals surface area (Å²) >= 11 is 13.8. The fourth-order valence-corrected chi connectivity index (χ4v) is 4.71. The Bertz CT molecular complexity index is 1150. The van der Waals surface area contributed by atoms with Crippen molar-refractivity contribution in [2.24, 2.45) is 4.99 Å². The number of aromatic carboxylic acids is 1. The van der Waals surface area contributed by atoms with Crippen molar-refractivity contribution in [2.75, 3.05) is 0 Å². The van der Waals surface area contributed by atoms with Gasteiger partial charge in [-0.1, -0.05) is 47.1 Å². The first-order valence-corrected chi connectivity index (χ1v) is 10.9. The highest BCUT2D eigenvalue weighted by Gasteiger charge is 2.38. The zero-order valence-electron chi connectivity index (χ0n) is 16.0. The molecular weight excluding hydrogens is 459 g/mol. The van der Waals surface area contributed by atoms with Gasteiger partial charge in [0.1, 0.15) is 5.76 Å². The Morgan fingerprint density at radius 2 is 1.90 bits per heavy atom. The molecule has 2 heterocycles. The lowest BCUT2D eigenvalue weighted by Gasteiger charge is -2.15. The molecule has 1 aliphatic rings. The number of amidine groups is 1. The fourth-order valence-electron chi connectivity index (χ4n) is 3.12. The molecule has 1 aliphatic heterocycles. The van der Waals surface area contributed by atoms with Crippen molar-refractivity contribution in [1.29, 1.82) is 0 Å². The average Bonchev–Trinajstić information content (AvgIpc) is 3.36. The van der Waals surface area contributed by atoms with Crippen LogP contribution >= 0.6 is 35.0 Å². The van der Waals surface area contributed by atoms with E-state index >= 15 is 0 Å². The van der Waals surface area contributed by atoms with E-state index < -0.39 is 11.2 Å². The molecule has 1 atom stereocenters. The van der Waals surface area contributed by atoms with E-state index in [2.05, 4.69) is 4.99 Å². The molecule has 0 spiro atoms. The van der Waals surface area contributed by atoms with Crippen LogP contribution in [0.5, 0.6) is 0 Å². The first-order valence-electron chi connectivity index (χ1n) is 9.27. The van der Waals surface area contributed by atoms with Crippen LogP contribution in [0, 0.1) is 0 Å². The number of hydrogen-bond donors (Lipinski definition) is 1. The Labute approximate surface area is 192 Å². The summed E-state index contributed by atoms with van der Waals surface area (Å²) in [6.07, 6.45) is 1.95. The number of furan rings is 1. The maximum Gasteiger partial charge on any atom is 0.335 e. The lowest BCUT2D eigenvalue weighted by atomic mass is 10.1. The third-order valence-corrected chi connectivity index (χ3v) is 6.72. The third kappa shape index (κ3) is 4.79. The van der Waals surface area contributed by atoms with Crippen LogP contribution in [-0.2, 0) is 17.8 Å². The summed E-state index contributed by atoms with van der Waals surface area (Å²) in [5.74, 6) is -0.495. The van der Waals surface area contributed by atoms with Gasteiger partial charge in [-0.05, 0) is 54.4 Å². The molecule has 1 aromatic heterocycles. The highest BCUT2D eigenvalue weighted by Crippen LogP contribution is 2.35. The van der Waals surface area contributed by atoms with Crippen molar-refractivity contribution in [3.05, 3.63) is 87.8 Å². The number of amides is 1. The second kappa shape index (κ2) is 9.18. The second-order valence-electron chi connectivity index (χ2n) is 6.77. The normalized spacial score (nSPS) is 17.5. The molecular formula is C22H16Cl2N2O4S. The number of carboxylic acid groups (broad SMARTS) is 1. The number of aliphatic imine (C=N–C) groups is 1. The van der Waals surface area contributed by atoms with Crippen LogP contribution in [-0.4, -0.2) is 32.3 Å². The molecule has 4 rings (SSSR count). The second-order valence-corrected chi connectivity index (χ2v) is 8.73. The molecule has 158 valence electrons. The van der Waals surface area contributed by atoms with Crippen molar-refractivity contribution in [2.45, 2.75) is 18.2 Å². The van der Waals surface area contributed by atoms with E-state index in [0.29, 0.717) is 33.1 Å². The molecule has 0 bridgehead atoms. The van der Waals surface area contributed by atoms with Gasteiger partial charge < -0.3 is 9.52 Å². The molecule has 1 saturated heterocycles. The molecule has 1 amide bonds. The maximum absolute atomic E-state index is 13.2. The number of halogens is 2. The van der Waals surface area contributed by atoms with Crippen LogP contribution in [0.1, 0.15) is 21.7 Å². The Morgan fingerprint density at radius 3 is 2.58 bits per heavy atom. The number of carboxylic acids is 1. The largest absolute Gasteiger partial charge is 0.478 e. The van der Waals surface area contributed by atoms with E-state index in [1.807, 2.05) is 6.07 Å². The molecule has 1 unspecified atom stereocenters. The summed E-state index contributed by atoms with van der Waals surface area (Å²) in [5.41, 5.74) is 1.50. The summed E-state index contributed by atoms with van der Waals surface area (Å²) in [7, 11) is 0. The first-order chi connectivity index (χ1) is 14.9. The van der Waals surface area contributed by atoms with Gasteiger partial charge in [0.25, 0.3) is 0 Å². The number of thioether (sulfide) groups is 1. The molecule has 3 aromatic rings. The van der Waals surface area contributed by atoms with Gasteiger partial charge in [-0.25, -0.2) is 9.79 Å². The minimum Gasteiger partial charge on any atom is -0.478 e. The van der Waals surface area contributed by atoms with Crippen LogP contribution in [0.15, 0.2) is 70.3 Å². The van der Waals surface area contributed by atoms with Gasteiger partial charge in [-0.3, -0.25) is 9.69 Å². The summed E-state index contributed by atoms with van der Waals surface area (Å²) < 4.78 is 5.41. The molecule has 9 heteroatoms. The number of rotatable bonds is 6. The van der Waals surface area contributed by atoms with Crippen molar-refractivity contribution < 1.29 is 19.1 Å². The average molecular weight is 475 g/mol. The van der Waals surface area contributed by atoms with Crippen LogP contribution in [0.3, 0.4) is 0 Å². The Balaban J connectivity index is 1.63. The number of hydrogen-bond acceptors (Lipinski definition) is 5. The summed E-state index contributed by atoms with van der Waals surface area (Å²) in [5, 5.41) is 10.0. The fraction of sp³-hybridized carbons (Fsp3) is 0.136. The lowest BCUT2D eigenvalue weighted by molar-refractivity contribution is -0.126. The summed E-state index contributed by atoms with van der Waals surface area (Å²) in [4.78, 5) is 30.4. The van der Waals surface area contributed by atoms with E-state index in [1.165, 1.54) is 23.9 Å². The maximum atomic E-state index is 13.2. The minimum atomic E-state index is -1.01. The van der Waals surface area contributed by atoms with Crippen LogP contribution in [0.4, 0.5) is 5.69 Å². The van der Waals surface area contributed by atoms with Gasteiger partial charge >= 0.3 is 5.97 Å². The molecule has 0 aliphatic carbocycles. The molecule has 0 saturated carbocycles. The summed E-state index contributed by atoms with van der Waals surface area (Å²) in [6.45, 7) is 0.241. The highest BCUT2D eigenvalue weighted by molar-refractivity contribution is 8.15. The predicted octanol–water partition coefficient (Wildman–Crippen LogP) is 5.66. The Morgan fingerprint density at radius 1 is 1.13 bits per heavy atom. The SMILES string of the molecule is O=C(O)c1ccc(N=C2SC(Cc3cccc(Cl)c3Cl)C(=O)N2Cc2ccco2)cc1. The van der Waals surface area contributed by atoms with Crippen molar-refractivity contribution >= 4 is 57.7 Å². The van der Waals surface area contributed by atoms with E-state index in [-0.39, 0.29) is 18.0 Å². The van der Waals surface area contributed by atoms with E-state index in [4.69, 9.17) is 32.7 Å². The summed E-state index contributed by atoms with van der Waals surface area (Å²) in [6, 6.07) is 15.1. The van der Waals surface area contributed by atoms with Gasteiger partial charge in [0.2, 0.25) is 5.91 Å². The van der Waals surface area contributed by atoms with Crippen LogP contribution < -0.4 is 0 Å². The van der Waals surface area contributed by atoms with Gasteiger partial charge in [-0.2, -0.15) is 0 Å². The van der Waals surface area contributed by atoms with Crippen LogP contribution in [0.25, 0.3) is 0 Å². The number of carbonyl (C=O) groups is 2. The zero-order valence-corrected chi connectivity index (χ0v) is 18.3. The lowest BCUT2D eigenvalue weighted by Crippen LogP contribution is -2.32. The first kappa shape index (κ1) is 21.5. The third-order valence-electron chi connectivity index (χ3n) is 4.69. The quantitative estimate of drug-likeness (QED) is 0.498. The zero-order chi connectivity index (χ0) is 22.0. The van der Waals surface area contributed by atoms with E-state index in [9.17, 15) is 9.59 Å². The van der Waals surface area contributed by atoms with Gasteiger partial charge in [0, 0.05) is 0 Å². The molecule has 2 aromatic carbocycles. The highest BCUT2D eigenvalue weighted by atomic mass is 35.5. The van der Waals surface area contributed by atoms with Gasteiger partial charge in [-0.15, -0.1) is 0 Å². The van der Waals surface area contributed by atoms with E-state index in [0.717, 1.165) is 5.56 Å². The standard InChI is InChI=1S/C22H16Cl2N2O4S/c23-17-5-1-3-14(19(17)24)11-18-20(27)26(12-16-4-2-10-30-16)22(31-18)25-15-8-6-13(7-9-15)21(28)29/h1-10,18H,11-12H2,(H,28,29). The molecule has 6 nitrogen and oxygen atoms in total. The monoisotopic (exact) mass is 474 g/mol. The van der Waals surface area contributed by atoms with Crippen molar-refractivity contribution in [3.8, 4) is 0 Å². The van der Waals surface area contributed by atoms with Crippen LogP contribution in [0.2, 0.25) is 10.0 Å². The number of nitrogens with zero attached hydrogens (tertiary/aromatic N) is 2. The molecule has 0 radical (unpaired) electrons. The molecule has 31 heavy (non-hydrogen) atoms. The predicted molar refractivity (Wildman–Crippen MR) is 121 cm³/mol. The molecule has 1 fully saturated rings. The van der Waals surface area contributed by atoms with E-state index in [1.54, 1.807) is 47.6 Å². The Hall–Kier alpha value is -2.74. The van der Waals surface area contributed by atoms with Crippen molar-refractivity contribution in [1.82, 2.24) is 4.90 Å². The topological polar surface area (TPSA) is 83.1 Å². The smallest absolute Gasteiger partial charge is 0.335 e. The van der Waals surface area contributed by atoms with Crippen molar-refractivity contribution in [3.63, 3.8) is 0 Å². The number of benzene rings is 2. The van der Waals surface area contributed by atoms with Gasteiger partial charge in [0.15, 0.2) is 5.17 Å². The minimum absolute atomic E-state index is 0.113. The van der Waals surface area contributed by atoms with Gasteiger partial charge in [0.05, 0.1) is 39.4 Å². The Kier molecular flexibility index (Phi) is 6.36. The number of carbonyl (C=O) groups excluding carboxylic acids is 1.